The Morgan fingerprint density at radius 1 is 1.07 bits per heavy atom. The molecule has 1 aliphatic rings. The molecule has 30 heavy (non-hydrogen) atoms. The lowest BCUT2D eigenvalue weighted by atomic mass is 9.96. The molecule has 0 saturated carbocycles. The summed E-state index contributed by atoms with van der Waals surface area (Å²) in [5, 5.41) is 11.7. The molecule has 0 aliphatic carbocycles. The van der Waals surface area contributed by atoms with E-state index in [1.165, 1.54) is 12.1 Å². The molecule has 3 rings (SSSR count). The molecule has 1 fully saturated rings. The van der Waals surface area contributed by atoms with Crippen molar-refractivity contribution in [3.63, 3.8) is 0 Å². The first-order valence-electron chi connectivity index (χ1n) is 9.95. The second-order valence-electron chi connectivity index (χ2n) is 7.36. The summed E-state index contributed by atoms with van der Waals surface area (Å²) in [7, 11) is -3.49. The molecule has 0 aromatic heterocycles. The SMILES string of the molecule is O=C(NCc1ccc(S(=O)(=O)CCO)cc1)C1CCCN(C(=O)c2ccccc2)C1. The van der Waals surface area contributed by atoms with Gasteiger partial charge in [0.15, 0.2) is 9.84 Å². The van der Waals surface area contributed by atoms with E-state index in [0.717, 1.165) is 18.4 Å². The van der Waals surface area contributed by atoms with Gasteiger partial charge in [0, 0.05) is 25.2 Å². The van der Waals surface area contributed by atoms with Crippen LogP contribution in [0.1, 0.15) is 28.8 Å². The molecular formula is C22H26N2O5S. The summed E-state index contributed by atoms with van der Waals surface area (Å²) >= 11 is 0. The third-order valence-corrected chi connectivity index (χ3v) is 6.92. The van der Waals surface area contributed by atoms with E-state index in [4.69, 9.17) is 5.11 Å². The highest BCUT2D eigenvalue weighted by molar-refractivity contribution is 7.91. The first kappa shape index (κ1) is 22.0. The molecular weight excluding hydrogens is 404 g/mol. The number of amides is 2. The van der Waals surface area contributed by atoms with Gasteiger partial charge in [0.05, 0.1) is 23.2 Å². The number of hydrogen-bond donors (Lipinski definition) is 2. The van der Waals surface area contributed by atoms with Crippen molar-refractivity contribution in [2.24, 2.45) is 5.92 Å². The summed E-state index contributed by atoms with van der Waals surface area (Å²) in [6.45, 7) is 0.882. The number of aliphatic hydroxyl groups is 1. The summed E-state index contributed by atoms with van der Waals surface area (Å²) in [5.41, 5.74) is 1.40. The van der Waals surface area contributed by atoms with Crippen LogP contribution in [-0.2, 0) is 21.2 Å². The van der Waals surface area contributed by atoms with Crippen molar-refractivity contribution in [3.8, 4) is 0 Å². The normalized spacial score (nSPS) is 16.8. The predicted molar refractivity (Wildman–Crippen MR) is 112 cm³/mol. The molecule has 0 bridgehead atoms. The quantitative estimate of drug-likeness (QED) is 0.695. The van der Waals surface area contributed by atoms with Gasteiger partial charge in [-0.3, -0.25) is 9.59 Å². The van der Waals surface area contributed by atoms with E-state index < -0.39 is 16.4 Å². The van der Waals surface area contributed by atoms with Crippen molar-refractivity contribution in [2.45, 2.75) is 24.3 Å². The molecule has 1 atom stereocenters. The van der Waals surface area contributed by atoms with E-state index in [0.29, 0.717) is 18.7 Å². The summed E-state index contributed by atoms with van der Waals surface area (Å²) in [5.74, 6) is -0.760. The Balaban J connectivity index is 1.55. The summed E-state index contributed by atoms with van der Waals surface area (Å²) in [4.78, 5) is 27.1. The van der Waals surface area contributed by atoms with Gasteiger partial charge in [0.1, 0.15) is 0 Å². The molecule has 0 radical (unpaired) electrons. The van der Waals surface area contributed by atoms with Crippen molar-refractivity contribution in [1.29, 1.82) is 0 Å². The highest BCUT2D eigenvalue weighted by Crippen LogP contribution is 2.19. The number of nitrogens with zero attached hydrogens (tertiary/aromatic N) is 1. The number of nitrogens with one attached hydrogen (secondary N) is 1. The van der Waals surface area contributed by atoms with E-state index in [1.807, 2.05) is 18.2 Å². The third kappa shape index (κ3) is 5.46. The van der Waals surface area contributed by atoms with Crippen LogP contribution in [0.25, 0.3) is 0 Å². The molecule has 1 aliphatic heterocycles. The first-order valence-corrected chi connectivity index (χ1v) is 11.6. The maximum atomic E-state index is 12.6. The molecule has 1 unspecified atom stereocenters. The highest BCUT2D eigenvalue weighted by atomic mass is 32.2. The van der Waals surface area contributed by atoms with Gasteiger partial charge in [-0.1, -0.05) is 30.3 Å². The molecule has 2 aromatic rings. The Bertz CT molecular complexity index is 974. The topological polar surface area (TPSA) is 104 Å². The number of sulfone groups is 1. The summed E-state index contributed by atoms with van der Waals surface area (Å²) < 4.78 is 23.9. The lowest BCUT2D eigenvalue weighted by Gasteiger charge is -2.32. The molecule has 160 valence electrons. The number of carbonyl (C=O) groups is 2. The number of aliphatic hydroxyl groups excluding tert-OH is 1. The Morgan fingerprint density at radius 3 is 2.43 bits per heavy atom. The van der Waals surface area contributed by atoms with Crippen LogP contribution in [0, 0.1) is 5.92 Å². The maximum Gasteiger partial charge on any atom is 0.253 e. The van der Waals surface area contributed by atoms with Crippen molar-refractivity contribution >= 4 is 21.7 Å². The Morgan fingerprint density at radius 2 is 1.77 bits per heavy atom. The predicted octanol–water partition coefficient (Wildman–Crippen LogP) is 1.62. The van der Waals surface area contributed by atoms with Gasteiger partial charge >= 0.3 is 0 Å². The van der Waals surface area contributed by atoms with Gasteiger partial charge in [0.2, 0.25) is 5.91 Å². The minimum absolute atomic E-state index is 0.0622. The standard InChI is InChI=1S/C22H26N2O5S/c25-13-14-30(28,29)20-10-8-17(9-11-20)15-23-21(26)19-7-4-12-24(16-19)22(27)18-5-2-1-3-6-18/h1-3,5-6,8-11,19,25H,4,7,12-16H2,(H,23,26). The number of piperidine rings is 1. The number of rotatable bonds is 7. The molecule has 7 nitrogen and oxygen atoms in total. The van der Waals surface area contributed by atoms with Gasteiger partial charge in [-0.2, -0.15) is 0 Å². The smallest absolute Gasteiger partial charge is 0.253 e. The minimum Gasteiger partial charge on any atom is -0.395 e. The molecule has 1 saturated heterocycles. The van der Waals surface area contributed by atoms with E-state index in [-0.39, 0.29) is 34.9 Å². The molecule has 1 heterocycles. The number of carbonyl (C=O) groups excluding carboxylic acids is 2. The van der Waals surface area contributed by atoms with Gasteiger partial charge in [-0.15, -0.1) is 0 Å². The van der Waals surface area contributed by atoms with E-state index >= 15 is 0 Å². The zero-order valence-electron chi connectivity index (χ0n) is 16.7. The van der Waals surface area contributed by atoms with E-state index in [9.17, 15) is 18.0 Å². The monoisotopic (exact) mass is 430 g/mol. The van der Waals surface area contributed by atoms with Crippen LogP contribution in [0.3, 0.4) is 0 Å². The fourth-order valence-corrected chi connectivity index (χ4v) is 4.55. The number of hydrogen-bond acceptors (Lipinski definition) is 5. The van der Waals surface area contributed by atoms with Gasteiger partial charge in [0.25, 0.3) is 5.91 Å². The average Bonchev–Trinajstić information content (AvgIpc) is 2.78. The van der Waals surface area contributed by atoms with Gasteiger partial charge in [-0.05, 0) is 42.7 Å². The third-order valence-electron chi connectivity index (χ3n) is 5.21. The molecule has 2 amide bonds. The minimum atomic E-state index is -3.49. The zero-order chi connectivity index (χ0) is 21.6. The molecule has 8 heteroatoms. The van der Waals surface area contributed by atoms with Crippen LogP contribution >= 0.6 is 0 Å². The van der Waals surface area contributed by atoms with Crippen LogP contribution in [-0.4, -0.2) is 55.7 Å². The Hall–Kier alpha value is -2.71. The molecule has 2 aromatic carbocycles. The lowest BCUT2D eigenvalue weighted by molar-refractivity contribution is -0.126. The van der Waals surface area contributed by atoms with Crippen LogP contribution in [0.4, 0.5) is 0 Å². The van der Waals surface area contributed by atoms with Crippen molar-refractivity contribution in [2.75, 3.05) is 25.4 Å². The first-order chi connectivity index (χ1) is 14.4. The Labute approximate surface area is 176 Å². The van der Waals surface area contributed by atoms with Crippen LogP contribution in [0.5, 0.6) is 0 Å². The number of benzene rings is 2. The maximum absolute atomic E-state index is 12.6. The lowest BCUT2D eigenvalue weighted by Crippen LogP contribution is -2.45. The highest BCUT2D eigenvalue weighted by Gasteiger charge is 2.28. The van der Waals surface area contributed by atoms with Crippen LogP contribution in [0.2, 0.25) is 0 Å². The van der Waals surface area contributed by atoms with Crippen molar-refractivity contribution in [3.05, 3.63) is 65.7 Å². The average molecular weight is 431 g/mol. The fraction of sp³-hybridized carbons (Fsp3) is 0.364. The zero-order valence-corrected chi connectivity index (χ0v) is 17.5. The largest absolute Gasteiger partial charge is 0.395 e. The van der Waals surface area contributed by atoms with Crippen molar-refractivity contribution < 1.29 is 23.1 Å². The van der Waals surface area contributed by atoms with E-state index in [1.54, 1.807) is 29.2 Å². The summed E-state index contributed by atoms with van der Waals surface area (Å²) in [6, 6.07) is 15.3. The van der Waals surface area contributed by atoms with Gasteiger partial charge < -0.3 is 15.3 Å². The van der Waals surface area contributed by atoms with Crippen molar-refractivity contribution in [1.82, 2.24) is 10.2 Å². The second kappa shape index (κ2) is 9.86. The van der Waals surface area contributed by atoms with Crippen LogP contribution in [0.15, 0.2) is 59.5 Å². The van der Waals surface area contributed by atoms with Crippen LogP contribution < -0.4 is 5.32 Å². The molecule has 2 N–H and O–H groups in total. The fourth-order valence-electron chi connectivity index (χ4n) is 3.53. The Kier molecular flexibility index (Phi) is 7.23. The van der Waals surface area contributed by atoms with Gasteiger partial charge in [-0.25, -0.2) is 8.42 Å². The second-order valence-corrected chi connectivity index (χ2v) is 9.47. The summed E-state index contributed by atoms with van der Waals surface area (Å²) in [6.07, 6.45) is 1.50. The molecule has 0 spiro atoms. The number of likely N-dealkylation sites (tertiary alicyclic amines) is 1. The van der Waals surface area contributed by atoms with E-state index in [2.05, 4.69) is 5.32 Å².